The predicted molar refractivity (Wildman–Crippen MR) is 121 cm³/mol. The van der Waals surface area contributed by atoms with Crippen molar-refractivity contribution in [2.45, 2.75) is 13.8 Å². The van der Waals surface area contributed by atoms with Crippen molar-refractivity contribution in [3.63, 3.8) is 0 Å². The first kappa shape index (κ1) is 19.7. The molecule has 150 valence electrons. The van der Waals surface area contributed by atoms with E-state index >= 15 is 0 Å². The lowest BCUT2D eigenvalue weighted by Crippen LogP contribution is -2.17. The number of phenolic OH excluding ortho intramolecular Hbond substituents is 1. The van der Waals surface area contributed by atoms with Gasteiger partial charge in [0, 0.05) is 27.7 Å². The maximum atomic E-state index is 12.5. The number of nitrogens with one attached hydrogen (secondary N) is 1. The Morgan fingerprint density at radius 1 is 1.03 bits per heavy atom. The highest BCUT2D eigenvalue weighted by Crippen LogP contribution is 2.25. The maximum absolute atomic E-state index is 12.5. The molecule has 0 saturated heterocycles. The van der Waals surface area contributed by atoms with E-state index in [1.54, 1.807) is 18.3 Å². The number of aromatic hydroxyl groups is 1. The van der Waals surface area contributed by atoms with E-state index in [0.29, 0.717) is 5.02 Å². The Balaban J connectivity index is 1.55. The van der Waals surface area contributed by atoms with Crippen LogP contribution in [0.4, 0.5) is 0 Å². The second-order valence-corrected chi connectivity index (χ2v) is 7.49. The number of amides is 1. The molecule has 5 nitrogen and oxygen atoms in total. The Kier molecular flexibility index (Phi) is 5.29. The van der Waals surface area contributed by atoms with Gasteiger partial charge in [0.2, 0.25) is 0 Å². The van der Waals surface area contributed by atoms with Crippen molar-refractivity contribution in [3.05, 3.63) is 94.3 Å². The Hall–Kier alpha value is -3.57. The summed E-state index contributed by atoms with van der Waals surface area (Å²) in [4.78, 5) is 12.5. The van der Waals surface area contributed by atoms with Crippen LogP contribution >= 0.6 is 11.6 Å². The molecule has 0 aliphatic carbocycles. The molecule has 6 heteroatoms. The zero-order valence-electron chi connectivity index (χ0n) is 16.6. The minimum atomic E-state index is -0.471. The van der Waals surface area contributed by atoms with E-state index in [1.807, 2.05) is 68.4 Å². The average molecular weight is 418 g/mol. The van der Waals surface area contributed by atoms with Crippen molar-refractivity contribution in [1.82, 2.24) is 9.99 Å². The molecule has 0 bridgehead atoms. The molecule has 0 atom stereocenters. The number of nitrogens with zero attached hydrogens (tertiary/aromatic N) is 2. The molecule has 0 spiro atoms. The normalized spacial score (nSPS) is 11.3. The first-order chi connectivity index (χ1) is 14.4. The molecule has 4 aromatic rings. The fraction of sp³-hybridized carbons (Fsp3) is 0.0833. The molecule has 0 saturated carbocycles. The van der Waals surface area contributed by atoms with Crippen LogP contribution in [0.2, 0.25) is 5.02 Å². The maximum Gasteiger partial charge on any atom is 0.275 e. The van der Waals surface area contributed by atoms with E-state index in [1.165, 1.54) is 0 Å². The van der Waals surface area contributed by atoms with Gasteiger partial charge in [0.05, 0.1) is 11.8 Å². The lowest BCUT2D eigenvalue weighted by atomic mass is 10.1. The average Bonchev–Trinajstić information content (AvgIpc) is 3.01. The predicted octanol–water partition coefficient (Wildman–Crippen LogP) is 5.37. The van der Waals surface area contributed by atoms with Crippen LogP contribution in [0.1, 0.15) is 27.3 Å². The van der Waals surface area contributed by atoms with Crippen LogP contribution in [0.3, 0.4) is 0 Å². The van der Waals surface area contributed by atoms with Gasteiger partial charge in [-0.2, -0.15) is 5.10 Å². The summed E-state index contributed by atoms with van der Waals surface area (Å²) in [6.45, 7) is 3.99. The van der Waals surface area contributed by atoms with E-state index in [0.717, 1.165) is 33.4 Å². The fourth-order valence-corrected chi connectivity index (χ4v) is 3.66. The SMILES string of the molecule is Cc1cc(/C=N/NC(=O)c2cc3ccccc3cc2O)c(C)n1-c1ccc(Cl)cc1. The minimum absolute atomic E-state index is 0.0812. The van der Waals surface area contributed by atoms with E-state index in [-0.39, 0.29) is 11.3 Å². The molecular formula is C24H20ClN3O2. The second-order valence-electron chi connectivity index (χ2n) is 7.05. The number of aryl methyl sites for hydroxylation is 1. The number of carbonyl (C=O) groups is 1. The summed E-state index contributed by atoms with van der Waals surface area (Å²) in [5, 5.41) is 16.7. The van der Waals surface area contributed by atoms with Crippen molar-refractivity contribution in [3.8, 4) is 11.4 Å². The number of aromatic nitrogens is 1. The number of fused-ring (bicyclic) bond motifs is 1. The van der Waals surface area contributed by atoms with Crippen molar-refractivity contribution in [1.29, 1.82) is 0 Å². The van der Waals surface area contributed by atoms with Crippen molar-refractivity contribution < 1.29 is 9.90 Å². The number of hydrogen-bond donors (Lipinski definition) is 2. The summed E-state index contributed by atoms with van der Waals surface area (Å²) in [5.74, 6) is -0.552. The molecular weight excluding hydrogens is 398 g/mol. The van der Waals surface area contributed by atoms with Crippen LogP contribution < -0.4 is 5.43 Å². The zero-order valence-corrected chi connectivity index (χ0v) is 17.3. The number of halogens is 1. The third-order valence-electron chi connectivity index (χ3n) is 5.03. The molecule has 4 rings (SSSR count). The first-order valence-corrected chi connectivity index (χ1v) is 9.82. The Bertz CT molecular complexity index is 1270. The van der Waals surface area contributed by atoms with E-state index in [2.05, 4.69) is 15.1 Å². The standard InChI is InChI=1S/C24H20ClN3O2/c1-15-11-19(16(2)28(15)21-9-7-20(25)8-10-21)14-26-27-24(30)22-12-17-5-3-4-6-18(17)13-23(22)29/h3-14,29H,1-2H3,(H,27,30)/b26-14+. The lowest BCUT2D eigenvalue weighted by Gasteiger charge is -2.09. The van der Waals surface area contributed by atoms with E-state index in [4.69, 9.17) is 11.6 Å². The minimum Gasteiger partial charge on any atom is -0.507 e. The smallest absolute Gasteiger partial charge is 0.275 e. The molecule has 0 radical (unpaired) electrons. The summed E-state index contributed by atoms with van der Waals surface area (Å²) in [6, 6.07) is 20.4. The summed E-state index contributed by atoms with van der Waals surface area (Å²) in [6.07, 6.45) is 1.60. The van der Waals surface area contributed by atoms with Gasteiger partial charge in [-0.15, -0.1) is 0 Å². The second kappa shape index (κ2) is 8.05. The van der Waals surface area contributed by atoms with E-state index < -0.39 is 5.91 Å². The molecule has 1 aromatic heterocycles. The van der Waals surface area contributed by atoms with Crippen molar-refractivity contribution in [2.75, 3.05) is 0 Å². The van der Waals surface area contributed by atoms with Crippen LogP contribution in [0.15, 0.2) is 71.8 Å². The molecule has 3 aromatic carbocycles. The Morgan fingerprint density at radius 2 is 1.70 bits per heavy atom. The van der Waals surface area contributed by atoms with Crippen molar-refractivity contribution >= 4 is 34.5 Å². The zero-order chi connectivity index (χ0) is 21.3. The van der Waals surface area contributed by atoms with Crippen LogP contribution in [0.5, 0.6) is 5.75 Å². The van der Waals surface area contributed by atoms with Gasteiger partial charge in [0.15, 0.2) is 0 Å². The summed E-state index contributed by atoms with van der Waals surface area (Å²) >= 11 is 5.99. The molecule has 0 aliphatic rings. The highest BCUT2D eigenvalue weighted by atomic mass is 35.5. The van der Waals surface area contributed by atoms with Gasteiger partial charge in [-0.05, 0) is 67.1 Å². The van der Waals surface area contributed by atoms with Crippen LogP contribution in [0.25, 0.3) is 16.5 Å². The largest absolute Gasteiger partial charge is 0.507 e. The van der Waals surface area contributed by atoms with Gasteiger partial charge in [0.1, 0.15) is 5.75 Å². The third kappa shape index (κ3) is 3.80. The molecule has 30 heavy (non-hydrogen) atoms. The molecule has 0 unspecified atom stereocenters. The molecule has 0 fully saturated rings. The van der Waals surface area contributed by atoms with Gasteiger partial charge in [-0.25, -0.2) is 5.43 Å². The Morgan fingerprint density at radius 3 is 2.40 bits per heavy atom. The summed E-state index contributed by atoms with van der Waals surface area (Å²) in [5.41, 5.74) is 6.58. The van der Waals surface area contributed by atoms with Gasteiger partial charge in [-0.1, -0.05) is 35.9 Å². The van der Waals surface area contributed by atoms with Crippen LogP contribution in [0, 0.1) is 13.8 Å². The third-order valence-corrected chi connectivity index (χ3v) is 5.29. The topological polar surface area (TPSA) is 66.6 Å². The number of carbonyl (C=O) groups excluding carboxylic acids is 1. The van der Waals surface area contributed by atoms with Gasteiger partial charge >= 0.3 is 0 Å². The van der Waals surface area contributed by atoms with Crippen molar-refractivity contribution in [2.24, 2.45) is 5.10 Å². The van der Waals surface area contributed by atoms with Gasteiger partial charge in [-0.3, -0.25) is 4.79 Å². The van der Waals surface area contributed by atoms with Crippen LogP contribution in [-0.4, -0.2) is 21.8 Å². The number of hydrazone groups is 1. The van der Waals surface area contributed by atoms with Gasteiger partial charge in [0.25, 0.3) is 5.91 Å². The van der Waals surface area contributed by atoms with Gasteiger partial charge < -0.3 is 9.67 Å². The highest BCUT2D eigenvalue weighted by molar-refractivity contribution is 6.30. The molecule has 2 N–H and O–H groups in total. The monoisotopic (exact) mass is 417 g/mol. The molecule has 1 heterocycles. The van der Waals surface area contributed by atoms with E-state index in [9.17, 15) is 9.90 Å². The number of benzene rings is 3. The first-order valence-electron chi connectivity index (χ1n) is 9.44. The number of phenols is 1. The summed E-state index contributed by atoms with van der Waals surface area (Å²) in [7, 11) is 0. The Labute approximate surface area is 179 Å². The summed E-state index contributed by atoms with van der Waals surface area (Å²) < 4.78 is 2.09. The highest BCUT2D eigenvalue weighted by Gasteiger charge is 2.13. The number of hydrogen-bond acceptors (Lipinski definition) is 3. The lowest BCUT2D eigenvalue weighted by molar-refractivity contribution is 0.0952. The molecule has 1 amide bonds. The molecule has 0 aliphatic heterocycles. The fourth-order valence-electron chi connectivity index (χ4n) is 3.54. The van der Waals surface area contributed by atoms with Crippen LogP contribution in [-0.2, 0) is 0 Å². The number of rotatable bonds is 4. The quantitative estimate of drug-likeness (QED) is 0.346.